The minimum Gasteiger partial charge on any atom is -0.484 e. The molecule has 0 amide bonds. The van der Waals surface area contributed by atoms with E-state index in [0.29, 0.717) is 12.8 Å². The Labute approximate surface area is 101 Å². The van der Waals surface area contributed by atoms with E-state index in [2.05, 4.69) is 9.72 Å². The predicted molar refractivity (Wildman–Crippen MR) is 56.7 cm³/mol. The molecule has 0 bridgehead atoms. The van der Waals surface area contributed by atoms with Gasteiger partial charge in [0.2, 0.25) is 0 Å². The Balaban J connectivity index is 3.02. The number of carbonyl (C=O) groups is 1. The highest BCUT2D eigenvalue weighted by atomic mass is 19.4. The van der Waals surface area contributed by atoms with Crippen LogP contribution in [0.15, 0.2) is 12.3 Å². The molecule has 100 valence electrons. The van der Waals surface area contributed by atoms with Gasteiger partial charge in [-0.3, -0.25) is 0 Å². The molecule has 1 aromatic heterocycles. The van der Waals surface area contributed by atoms with Crippen LogP contribution in [-0.2, 0) is 6.42 Å². The Morgan fingerprint density at radius 1 is 1.50 bits per heavy atom. The molecule has 0 aromatic carbocycles. The molecule has 0 aliphatic rings. The number of alkyl halides is 3. The van der Waals surface area contributed by atoms with Crippen LogP contribution >= 0.6 is 0 Å². The van der Waals surface area contributed by atoms with Crippen LogP contribution in [0.5, 0.6) is 5.75 Å². The van der Waals surface area contributed by atoms with Gasteiger partial charge in [0.25, 0.3) is 0 Å². The average Bonchev–Trinajstić information content (AvgIpc) is 2.26. The number of nitrogens with zero attached hydrogens (tertiary/aromatic N) is 1. The summed E-state index contributed by atoms with van der Waals surface area (Å²) in [6.45, 7) is 0.332. The van der Waals surface area contributed by atoms with Crippen LogP contribution in [0.2, 0.25) is 0 Å². The highest BCUT2D eigenvalue weighted by Crippen LogP contribution is 2.25. The van der Waals surface area contributed by atoms with Crippen LogP contribution in [0.3, 0.4) is 0 Å². The van der Waals surface area contributed by atoms with Crippen LogP contribution in [-0.4, -0.2) is 28.8 Å². The highest BCUT2D eigenvalue weighted by Gasteiger charge is 2.29. The van der Waals surface area contributed by atoms with Crippen molar-refractivity contribution in [3.63, 3.8) is 0 Å². The third-order valence-electron chi connectivity index (χ3n) is 2.11. The van der Waals surface area contributed by atoms with E-state index < -0.39 is 18.8 Å². The summed E-state index contributed by atoms with van der Waals surface area (Å²) in [4.78, 5) is 14.6. The Bertz CT molecular complexity index is 432. The number of pyridine rings is 1. The quantitative estimate of drug-likeness (QED) is 0.887. The molecule has 0 saturated heterocycles. The van der Waals surface area contributed by atoms with Crippen molar-refractivity contribution in [2.75, 3.05) is 6.61 Å². The number of carboxylic acid groups (broad SMARTS) is 1. The smallest absolute Gasteiger partial charge is 0.422 e. The zero-order valence-corrected chi connectivity index (χ0v) is 9.62. The van der Waals surface area contributed by atoms with Crippen molar-refractivity contribution in [2.24, 2.45) is 0 Å². The number of aromatic carboxylic acids is 1. The van der Waals surface area contributed by atoms with E-state index in [9.17, 15) is 18.0 Å². The number of carboxylic acids is 1. The maximum atomic E-state index is 12.1. The lowest BCUT2D eigenvalue weighted by atomic mass is 10.1. The van der Waals surface area contributed by atoms with Gasteiger partial charge in [-0.25, -0.2) is 9.78 Å². The second kappa shape index (κ2) is 5.70. The molecular weight excluding hydrogens is 251 g/mol. The third kappa shape index (κ3) is 3.90. The summed E-state index contributed by atoms with van der Waals surface area (Å²) in [6, 6.07) is 1.24. The average molecular weight is 263 g/mol. The number of halogens is 3. The van der Waals surface area contributed by atoms with Gasteiger partial charge in [-0.2, -0.15) is 13.2 Å². The maximum absolute atomic E-state index is 12.1. The highest BCUT2D eigenvalue weighted by molar-refractivity contribution is 5.87. The predicted octanol–water partition coefficient (Wildman–Crippen LogP) is 2.67. The minimum absolute atomic E-state index is 0.0819. The summed E-state index contributed by atoms with van der Waals surface area (Å²) >= 11 is 0. The van der Waals surface area contributed by atoms with Crippen molar-refractivity contribution in [3.05, 3.63) is 23.5 Å². The van der Waals surface area contributed by atoms with E-state index in [-0.39, 0.29) is 17.0 Å². The van der Waals surface area contributed by atoms with Crippen LogP contribution < -0.4 is 4.74 Å². The van der Waals surface area contributed by atoms with Gasteiger partial charge in [-0.1, -0.05) is 13.3 Å². The van der Waals surface area contributed by atoms with Gasteiger partial charge in [0.1, 0.15) is 5.75 Å². The summed E-state index contributed by atoms with van der Waals surface area (Å²) in [5, 5.41) is 8.90. The Morgan fingerprint density at radius 2 is 2.17 bits per heavy atom. The molecule has 7 heteroatoms. The Morgan fingerprint density at radius 3 is 2.67 bits per heavy atom. The normalized spacial score (nSPS) is 11.3. The van der Waals surface area contributed by atoms with Gasteiger partial charge in [-0.05, 0) is 12.5 Å². The van der Waals surface area contributed by atoms with Crippen LogP contribution in [0.1, 0.15) is 29.4 Å². The van der Waals surface area contributed by atoms with Crippen LogP contribution in [0, 0.1) is 0 Å². The Kier molecular flexibility index (Phi) is 4.52. The van der Waals surface area contributed by atoms with Crippen molar-refractivity contribution in [2.45, 2.75) is 25.9 Å². The fourth-order valence-electron chi connectivity index (χ4n) is 1.45. The van der Waals surface area contributed by atoms with E-state index in [0.717, 1.165) is 6.20 Å². The van der Waals surface area contributed by atoms with Crippen molar-refractivity contribution in [1.29, 1.82) is 0 Å². The molecule has 4 nitrogen and oxygen atoms in total. The van der Waals surface area contributed by atoms with Crippen LogP contribution in [0.25, 0.3) is 0 Å². The molecule has 0 aliphatic heterocycles. The minimum atomic E-state index is -4.46. The monoisotopic (exact) mass is 263 g/mol. The molecule has 0 fully saturated rings. The van der Waals surface area contributed by atoms with E-state index in [1.54, 1.807) is 6.92 Å². The molecular formula is C11H12F3NO3. The summed E-state index contributed by atoms with van der Waals surface area (Å²) in [7, 11) is 0. The third-order valence-corrected chi connectivity index (χ3v) is 2.11. The lowest BCUT2D eigenvalue weighted by Gasteiger charge is -2.13. The number of ether oxygens (including phenoxy) is 1. The number of hydrogen-bond donors (Lipinski definition) is 1. The van der Waals surface area contributed by atoms with E-state index in [1.165, 1.54) is 6.07 Å². The second-order valence-corrected chi connectivity index (χ2v) is 3.60. The summed E-state index contributed by atoms with van der Waals surface area (Å²) in [6.07, 6.45) is -2.47. The van der Waals surface area contributed by atoms with Gasteiger partial charge >= 0.3 is 12.1 Å². The van der Waals surface area contributed by atoms with Crippen LogP contribution in [0.4, 0.5) is 13.2 Å². The zero-order valence-electron chi connectivity index (χ0n) is 9.62. The molecule has 1 aromatic rings. The molecule has 0 atom stereocenters. The van der Waals surface area contributed by atoms with Crippen molar-refractivity contribution < 1.29 is 27.8 Å². The first-order chi connectivity index (χ1) is 8.35. The molecule has 18 heavy (non-hydrogen) atoms. The summed E-state index contributed by atoms with van der Waals surface area (Å²) < 4.78 is 40.8. The summed E-state index contributed by atoms with van der Waals surface area (Å²) in [5.74, 6) is -1.36. The molecule has 0 spiro atoms. The zero-order chi connectivity index (χ0) is 13.8. The van der Waals surface area contributed by atoms with Gasteiger partial charge in [0.05, 0.1) is 0 Å². The summed E-state index contributed by atoms with van der Waals surface area (Å²) in [5.41, 5.74) is -0.0757. The topological polar surface area (TPSA) is 59.4 Å². The van der Waals surface area contributed by atoms with E-state index >= 15 is 0 Å². The molecule has 0 unspecified atom stereocenters. The first-order valence-electron chi connectivity index (χ1n) is 5.26. The number of hydrogen-bond acceptors (Lipinski definition) is 3. The molecule has 1 heterocycles. The molecule has 1 N–H and O–H groups in total. The fourth-order valence-corrected chi connectivity index (χ4v) is 1.45. The largest absolute Gasteiger partial charge is 0.484 e. The van der Waals surface area contributed by atoms with Crippen molar-refractivity contribution >= 4 is 5.97 Å². The van der Waals surface area contributed by atoms with Gasteiger partial charge < -0.3 is 9.84 Å². The van der Waals surface area contributed by atoms with Gasteiger partial charge in [0, 0.05) is 11.8 Å². The molecule has 0 radical (unpaired) electrons. The van der Waals surface area contributed by atoms with Crippen molar-refractivity contribution in [1.82, 2.24) is 4.98 Å². The van der Waals surface area contributed by atoms with Gasteiger partial charge in [0.15, 0.2) is 12.3 Å². The SMILES string of the molecule is CCCc1c(OCC(F)(F)F)ccnc1C(=O)O. The van der Waals surface area contributed by atoms with E-state index in [1.807, 2.05) is 0 Å². The van der Waals surface area contributed by atoms with Gasteiger partial charge in [-0.15, -0.1) is 0 Å². The van der Waals surface area contributed by atoms with E-state index in [4.69, 9.17) is 5.11 Å². The molecule has 0 saturated carbocycles. The molecule has 0 aliphatic carbocycles. The standard InChI is InChI=1S/C11H12F3NO3/c1-2-3-7-8(18-6-11(12,13)14)4-5-15-9(7)10(16)17/h4-5H,2-3,6H2,1H3,(H,16,17). The lowest BCUT2D eigenvalue weighted by Crippen LogP contribution is -2.20. The second-order valence-electron chi connectivity index (χ2n) is 3.60. The fraction of sp³-hybridized carbons (Fsp3) is 0.455. The number of rotatable bonds is 5. The Hall–Kier alpha value is -1.79. The number of aromatic nitrogens is 1. The molecule has 1 rings (SSSR count). The maximum Gasteiger partial charge on any atom is 0.422 e. The first kappa shape index (κ1) is 14.3. The lowest BCUT2D eigenvalue weighted by molar-refractivity contribution is -0.153. The van der Waals surface area contributed by atoms with Crippen molar-refractivity contribution in [3.8, 4) is 5.75 Å². The first-order valence-corrected chi connectivity index (χ1v) is 5.26.